The minimum atomic E-state index is 0.596. The zero-order valence-electron chi connectivity index (χ0n) is 12.4. The van der Waals surface area contributed by atoms with Gasteiger partial charge < -0.3 is 4.90 Å². The second-order valence-electron chi connectivity index (χ2n) is 6.85. The highest BCUT2D eigenvalue weighted by Gasteiger charge is 2.57. The van der Waals surface area contributed by atoms with Gasteiger partial charge in [-0.25, -0.2) is 0 Å². The zero-order valence-corrected chi connectivity index (χ0v) is 14.0. The number of benzene rings is 1. The fourth-order valence-electron chi connectivity index (χ4n) is 4.45. The molecule has 4 fully saturated rings. The van der Waals surface area contributed by atoms with Crippen molar-refractivity contribution in [1.82, 2.24) is 9.80 Å². The van der Waals surface area contributed by atoms with Crippen LogP contribution in [0, 0.1) is 5.92 Å². The van der Waals surface area contributed by atoms with Gasteiger partial charge in [-0.3, -0.25) is 4.90 Å². The van der Waals surface area contributed by atoms with Crippen molar-refractivity contribution in [2.75, 3.05) is 38.5 Å². The van der Waals surface area contributed by atoms with Crippen molar-refractivity contribution in [3.63, 3.8) is 0 Å². The third kappa shape index (κ3) is 2.74. The van der Waals surface area contributed by atoms with Gasteiger partial charge >= 0.3 is 0 Å². The summed E-state index contributed by atoms with van der Waals surface area (Å²) in [7, 11) is 0. The van der Waals surface area contributed by atoms with E-state index in [2.05, 4.69) is 21.9 Å². The predicted molar refractivity (Wildman–Crippen MR) is 90.3 cm³/mol. The molecule has 5 rings (SSSR count). The number of thioether (sulfide) groups is 1. The van der Waals surface area contributed by atoms with E-state index in [0.717, 1.165) is 10.9 Å². The molecule has 0 radical (unpaired) electrons. The van der Waals surface area contributed by atoms with Crippen molar-refractivity contribution in [2.45, 2.75) is 29.7 Å². The van der Waals surface area contributed by atoms with E-state index in [9.17, 15) is 0 Å². The van der Waals surface area contributed by atoms with Gasteiger partial charge in [0.1, 0.15) is 0 Å². The van der Waals surface area contributed by atoms with E-state index in [1.807, 2.05) is 23.9 Å². The van der Waals surface area contributed by atoms with Crippen LogP contribution in [0.5, 0.6) is 0 Å². The molecule has 0 amide bonds. The summed E-state index contributed by atoms with van der Waals surface area (Å²) in [5.74, 6) is 2.19. The standard InChI is InChI=1S/C17H23ClN2S/c18-15-4-1-2-5-16(15)21-9-3-6-19-7-8-20-12-14-10-17(20,11-14)13-19/h1-2,4-5,14H,3,6-13H2. The van der Waals surface area contributed by atoms with Gasteiger partial charge in [0.15, 0.2) is 0 Å². The van der Waals surface area contributed by atoms with Crippen molar-refractivity contribution in [3.8, 4) is 0 Å². The molecule has 1 spiro atoms. The van der Waals surface area contributed by atoms with Crippen molar-refractivity contribution >= 4 is 23.4 Å². The Morgan fingerprint density at radius 2 is 2.10 bits per heavy atom. The Labute approximate surface area is 136 Å². The quantitative estimate of drug-likeness (QED) is 0.604. The number of hydrogen-bond acceptors (Lipinski definition) is 3. The van der Waals surface area contributed by atoms with Crippen LogP contribution in [-0.2, 0) is 0 Å². The second-order valence-corrected chi connectivity index (χ2v) is 8.40. The normalized spacial score (nSPS) is 32.0. The predicted octanol–water partition coefficient (Wildman–Crippen LogP) is 3.60. The molecule has 3 aliphatic heterocycles. The lowest BCUT2D eigenvalue weighted by atomic mass is 9.72. The van der Waals surface area contributed by atoms with Gasteiger partial charge in [-0.2, -0.15) is 0 Å². The van der Waals surface area contributed by atoms with Gasteiger partial charge in [0.2, 0.25) is 0 Å². The summed E-state index contributed by atoms with van der Waals surface area (Å²) in [4.78, 5) is 6.69. The Hall–Kier alpha value is -0.220. The smallest absolute Gasteiger partial charge is 0.0541 e. The molecule has 21 heavy (non-hydrogen) atoms. The van der Waals surface area contributed by atoms with E-state index in [1.165, 1.54) is 62.6 Å². The maximum absolute atomic E-state index is 6.20. The van der Waals surface area contributed by atoms with Crippen LogP contribution in [0.4, 0.5) is 0 Å². The van der Waals surface area contributed by atoms with Crippen LogP contribution in [0.25, 0.3) is 0 Å². The van der Waals surface area contributed by atoms with Gasteiger partial charge in [0.05, 0.1) is 5.02 Å². The molecule has 114 valence electrons. The summed E-state index contributed by atoms with van der Waals surface area (Å²) in [5, 5.41) is 0.890. The third-order valence-corrected chi connectivity index (χ3v) is 7.01. The van der Waals surface area contributed by atoms with E-state index in [1.54, 1.807) is 0 Å². The molecule has 1 saturated carbocycles. The van der Waals surface area contributed by atoms with Gasteiger partial charge in [0.25, 0.3) is 0 Å². The van der Waals surface area contributed by atoms with Gasteiger partial charge in [-0.1, -0.05) is 23.7 Å². The Bertz CT molecular complexity index is 515. The lowest BCUT2D eigenvalue weighted by Crippen LogP contribution is -2.60. The van der Waals surface area contributed by atoms with Crippen LogP contribution >= 0.6 is 23.4 Å². The maximum atomic E-state index is 6.20. The van der Waals surface area contributed by atoms with E-state index < -0.39 is 0 Å². The second kappa shape index (κ2) is 5.77. The molecular formula is C17H23ClN2S. The number of rotatable bonds is 5. The monoisotopic (exact) mass is 322 g/mol. The summed E-state index contributed by atoms with van der Waals surface area (Å²) in [5.41, 5.74) is 0.596. The summed E-state index contributed by atoms with van der Waals surface area (Å²) in [6.07, 6.45) is 4.20. The first-order chi connectivity index (χ1) is 10.3. The van der Waals surface area contributed by atoms with E-state index in [0.29, 0.717) is 5.54 Å². The Kier molecular flexibility index (Phi) is 3.95. The summed E-state index contributed by atoms with van der Waals surface area (Å²) in [6.45, 7) is 6.52. The number of nitrogens with zero attached hydrogens (tertiary/aromatic N) is 2. The molecule has 4 aliphatic rings. The topological polar surface area (TPSA) is 6.48 Å². The Morgan fingerprint density at radius 3 is 2.95 bits per heavy atom. The minimum absolute atomic E-state index is 0.596. The Balaban J connectivity index is 1.22. The maximum Gasteiger partial charge on any atom is 0.0541 e. The van der Waals surface area contributed by atoms with E-state index in [4.69, 9.17) is 11.6 Å². The number of halogens is 1. The van der Waals surface area contributed by atoms with Crippen molar-refractivity contribution in [3.05, 3.63) is 29.3 Å². The fraction of sp³-hybridized carbons (Fsp3) is 0.647. The minimum Gasteiger partial charge on any atom is -0.300 e. The molecule has 3 heterocycles. The highest BCUT2D eigenvalue weighted by Crippen LogP contribution is 2.51. The SMILES string of the molecule is Clc1ccccc1SCCCN1CCN2CC3CC2(C3)C1. The average Bonchev–Trinajstić information content (AvgIpc) is 2.99. The summed E-state index contributed by atoms with van der Waals surface area (Å²) < 4.78 is 0. The molecule has 1 aromatic carbocycles. The molecule has 4 heteroatoms. The summed E-state index contributed by atoms with van der Waals surface area (Å²) >= 11 is 8.09. The van der Waals surface area contributed by atoms with Crippen LogP contribution in [-0.4, -0.2) is 53.8 Å². The highest BCUT2D eigenvalue weighted by atomic mass is 35.5. The molecule has 1 aromatic rings. The first-order valence-corrected chi connectivity index (χ1v) is 9.46. The van der Waals surface area contributed by atoms with E-state index in [-0.39, 0.29) is 0 Å². The van der Waals surface area contributed by atoms with Crippen LogP contribution < -0.4 is 0 Å². The van der Waals surface area contributed by atoms with Crippen LogP contribution in [0.1, 0.15) is 19.3 Å². The van der Waals surface area contributed by atoms with Gasteiger partial charge in [0, 0.05) is 36.6 Å². The van der Waals surface area contributed by atoms with E-state index >= 15 is 0 Å². The first kappa shape index (κ1) is 14.4. The first-order valence-electron chi connectivity index (χ1n) is 8.10. The van der Waals surface area contributed by atoms with Crippen LogP contribution in [0.3, 0.4) is 0 Å². The van der Waals surface area contributed by atoms with Gasteiger partial charge in [-0.05, 0) is 49.6 Å². The summed E-state index contributed by atoms with van der Waals surface area (Å²) in [6, 6.07) is 8.17. The lowest BCUT2D eigenvalue weighted by molar-refractivity contribution is 0.0113. The zero-order chi connectivity index (χ0) is 14.3. The highest BCUT2D eigenvalue weighted by molar-refractivity contribution is 7.99. The van der Waals surface area contributed by atoms with Crippen molar-refractivity contribution < 1.29 is 0 Å². The lowest BCUT2D eigenvalue weighted by Gasteiger charge is -2.49. The van der Waals surface area contributed by atoms with Crippen molar-refractivity contribution in [2.24, 2.45) is 5.92 Å². The molecule has 2 bridgehead atoms. The number of hydrogen-bond donors (Lipinski definition) is 0. The molecule has 2 nitrogen and oxygen atoms in total. The fourth-order valence-corrected chi connectivity index (χ4v) is 5.62. The largest absolute Gasteiger partial charge is 0.300 e. The molecular weight excluding hydrogens is 300 g/mol. The molecule has 3 saturated heterocycles. The van der Waals surface area contributed by atoms with Crippen LogP contribution in [0.15, 0.2) is 29.2 Å². The third-order valence-electron chi connectivity index (χ3n) is 5.40. The van der Waals surface area contributed by atoms with Crippen LogP contribution in [0.2, 0.25) is 5.02 Å². The Morgan fingerprint density at radius 1 is 1.24 bits per heavy atom. The molecule has 1 aliphatic carbocycles. The molecule has 0 atom stereocenters. The molecule has 0 N–H and O–H groups in total. The number of piperazine rings is 1. The van der Waals surface area contributed by atoms with Crippen molar-refractivity contribution in [1.29, 1.82) is 0 Å². The molecule has 0 aromatic heterocycles. The molecule has 0 unspecified atom stereocenters. The van der Waals surface area contributed by atoms with Gasteiger partial charge in [-0.15, -0.1) is 11.8 Å². The average molecular weight is 323 g/mol.